The molecule has 0 radical (unpaired) electrons. The van der Waals surface area contributed by atoms with Gasteiger partial charge in [-0.15, -0.1) is 0 Å². The summed E-state index contributed by atoms with van der Waals surface area (Å²) < 4.78 is 0. The van der Waals surface area contributed by atoms with Crippen LogP contribution in [0.5, 0.6) is 0 Å². The summed E-state index contributed by atoms with van der Waals surface area (Å²) in [5.41, 5.74) is 0. The predicted octanol–water partition coefficient (Wildman–Crippen LogP) is 6.60. The first-order valence-corrected chi connectivity index (χ1v) is 10.2. The molecule has 0 N–H and O–H groups in total. The highest BCUT2D eigenvalue weighted by molar-refractivity contribution is 7.81. The highest BCUT2D eigenvalue weighted by Gasteiger charge is 2.10. The van der Waals surface area contributed by atoms with E-state index in [9.17, 15) is 0 Å². The van der Waals surface area contributed by atoms with Crippen molar-refractivity contribution in [3.05, 3.63) is 0 Å². The van der Waals surface area contributed by atoms with Gasteiger partial charge in [0.15, 0.2) is 0 Å². The van der Waals surface area contributed by atoms with Crippen LogP contribution >= 0.6 is 37.9 Å². The normalized spacial score (nSPS) is 16.1. The molecular formula is C17H36S3. The lowest BCUT2D eigenvalue weighted by molar-refractivity contribution is 0.557. The maximum atomic E-state index is 4.73. The first-order chi connectivity index (χ1) is 9.60. The van der Waals surface area contributed by atoms with Gasteiger partial charge in [0.1, 0.15) is 0 Å². The Morgan fingerprint density at radius 1 is 0.500 bits per heavy atom. The van der Waals surface area contributed by atoms with E-state index in [-0.39, 0.29) is 0 Å². The monoisotopic (exact) mass is 336 g/mol. The highest BCUT2D eigenvalue weighted by Crippen LogP contribution is 2.22. The van der Waals surface area contributed by atoms with Crippen LogP contribution in [0.25, 0.3) is 0 Å². The van der Waals surface area contributed by atoms with E-state index in [1.807, 2.05) is 0 Å². The van der Waals surface area contributed by atoms with Crippen LogP contribution in [0.1, 0.15) is 90.9 Å². The second-order valence-corrected chi connectivity index (χ2v) is 8.30. The first-order valence-electron chi connectivity index (χ1n) is 8.64. The Balaban J connectivity index is 3.49. The summed E-state index contributed by atoms with van der Waals surface area (Å²) in [7, 11) is 0. The topological polar surface area (TPSA) is 0 Å². The zero-order chi connectivity index (χ0) is 15.2. The van der Waals surface area contributed by atoms with E-state index in [2.05, 4.69) is 13.8 Å². The number of rotatable bonds is 14. The van der Waals surface area contributed by atoms with E-state index in [4.69, 9.17) is 37.9 Å². The van der Waals surface area contributed by atoms with E-state index < -0.39 is 0 Å². The predicted molar refractivity (Wildman–Crippen MR) is 105 cm³/mol. The summed E-state index contributed by atoms with van der Waals surface area (Å²) >= 11 is 14.1. The van der Waals surface area contributed by atoms with Crippen molar-refractivity contribution in [1.82, 2.24) is 0 Å². The molecule has 0 fully saturated rings. The Morgan fingerprint density at radius 2 is 0.800 bits per heavy atom. The summed E-state index contributed by atoms with van der Waals surface area (Å²) in [5.74, 6) is 0. The molecule has 0 aromatic carbocycles. The van der Waals surface area contributed by atoms with E-state index in [0.717, 1.165) is 0 Å². The summed E-state index contributed by atoms with van der Waals surface area (Å²) in [6.45, 7) is 4.51. The fraction of sp³-hybridized carbons (Fsp3) is 1.00. The van der Waals surface area contributed by atoms with Gasteiger partial charge in [-0.1, -0.05) is 52.4 Å². The van der Waals surface area contributed by atoms with Crippen LogP contribution < -0.4 is 0 Å². The van der Waals surface area contributed by atoms with Gasteiger partial charge in [0, 0.05) is 15.7 Å². The van der Waals surface area contributed by atoms with Crippen LogP contribution in [0, 0.1) is 0 Å². The van der Waals surface area contributed by atoms with Crippen LogP contribution in [0.2, 0.25) is 0 Å². The molecule has 0 spiro atoms. The molecule has 0 aromatic rings. The molecule has 0 aliphatic heterocycles. The number of hydrogen-bond donors (Lipinski definition) is 3. The number of hydrogen-bond acceptors (Lipinski definition) is 3. The van der Waals surface area contributed by atoms with Gasteiger partial charge < -0.3 is 0 Å². The quantitative estimate of drug-likeness (QED) is 0.231. The SMILES string of the molecule is CCCCCC(S)CCC(S)CCC(S)CCCCC. The van der Waals surface area contributed by atoms with Crippen molar-refractivity contribution >= 4 is 37.9 Å². The molecule has 0 saturated carbocycles. The molecular weight excluding hydrogens is 300 g/mol. The summed E-state index contributed by atoms with van der Waals surface area (Å²) in [5, 5.41) is 1.69. The van der Waals surface area contributed by atoms with Crippen molar-refractivity contribution in [3.63, 3.8) is 0 Å². The maximum Gasteiger partial charge on any atom is 0.00176 e. The number of unbranched alkanes of at least 4 members (excludes halogenated alkanes) is 4. The van der Waals surface area contributed by atoms with Gasteiger partial charge in [0.25, 0.3) is 0 Å². The molecule has 0 aliphatic carbocycles. The molecule has 0 rings (SSSR count). The minimum atomic E-state index is 0.539. The van der Waals surface area contributed by atoms with E-state index >= 15 is 0 Å². The second kappa shape index (κ2) is 15.0. The smallest absolute Gasteiger partial charge is 0.00176 e. The largest absolute Gasteiger partial charge is 0.176 e. The Hall–Kier alpha value is 1.05. The zero-order valence-electron chi connectivity index (χ0n) is 13.6. The van der Waals surface area contributed by atoms with Crippen LogP contribution in [0.3, 0.4) is 0 Å². The minimum absolute atomic E-state index is 0.539. The van der Waals surface area contributed by atoms with Crippen LogP contribution in [-0.2, 0) is 0 Å². The van der Waals surface area contributed by atoms with Gasteiger partial charge in [-0.05, 0) is 38.5 Å². The molecule has 122 valence electrons. The molecule has 0 amide bonds. The molecule has 2 unspecified atom stereocenters. The van der Waals surface area contributed by atoms with Crippen LogP contribution in [-0.4, -0.2) is 15.7 Å². The van der Waals surface area contributed by atoms with E-state index in [1.165, 1.54) is 77.0 Å². The molecule has 0 aliphatic rings. The molecule has 20 heavy (non-hydrogen) atoms. The van der Waals surface area contributed by atoms with Crippen molar-refractivity contribution < 1.29 is 0 Å². The Bertz CT molecular complexity index is 177. The fourth-order valence-corrected chi connectivity index (χ4v) is 3.42. The van der Waals surface area contributed by atoms with Crippen molar-refractivity contribution in [3.8, 4) is 0 Å². The molecule has 0 bridgehead atoms. The van der Waals surface area contributed by atoms with E-state index in [0.29, 0.717) is 15.7 Å². The third-order valence-electron chi connectivity index (χ3n) is 3.95. The molecule has 2 atom stereocenters. The van der Waals surface area contributed by atoms with Gasteiger partial charge in [-0.25, -0.2) is 0 Å². The van der Waals surface area contributed by atoms with Crippen LogP contribution in [0.4, 0.5) is 0 Å². The molecule has 0 aromatic heterocycles. The van der Waals surface area contributed by atoms with Gasteiger partial charge >= 0.3 is 0 Å². The molecule has 0 nitrogen and oxygen atoms in total. The van der Waals surface area contributed by atoms with Gasteiger partial charge in [-0.2, -0.15) is 37.9 Å². The number of thiol groups is 3. The van der Waals surface area contributed by atoms with Crippen molar-refractivity contribution in [2.24, 2.45) is 0 Å². The standard InChI is InChI=1S/C17H36S3/c1-3-5-7-9-15(18)11-13-17(20)14-12-16(19)10-8-6-4-2/h15-20H,3-14H2,1-2H3. The minimum Gasteiger partial charge on any atom is -0.176 e. The molecule has 0 heterocycles. The lowest BCUT2D eigenvalue weighted by Gasteiger charge is -2.16. The summed E-state index contributed by atoms with van der Waals surface area (Å²) in [6.07, 6.45) is 15.3. The fourth-order valence-electron chi connectivity index (χ4n) is 2.46. The third-order valence-corrected chi connectivity index (χ3v) is 5.50. The summed E-state index contributed by atoms with van der Waals surface area (Å²) in [4.78, 5) is 0. The van der Waals surface area contributed by atoms with Crippen molar-refractivity contribution in [1.29, 1.82) is 0 Å². The lowest BCUT2D eigenvalue weighted by atomic mass is 10.0. The Labute approximate surface area is 144 Å². The van der Waals surface area contributed by atoms with Crippen molar-refractivity contribution in [2.45, 2.75) is 107 Å². The Kier molecular flexibility index (Phi) is 15.8. The lowest BCUT2D eigenvalue weighted by Crippen LogP contribution is -2.08. The highest BCUT2D eigenvalue weighted by atomic mass is 32.1. The zero-order valence-corrected chi connectivity index (χ0v) is 16.2. The molecule has 0 saturated heterocycles. The van der Waals surface area contributed by atoms with Crippen molar-refractivity contribution in [2.75, 3.05) is 0 Å². The molecule has 3 heteroatoms. The summed E-state index contributed by atoms with van der Waals surface area (Å²) in [6, 6.07) is 0. The average molecular weight is 337 g/mol. The maximum absolute atomic E-state index is 4.73. The second-order valence-electron chi connectivity index (χ2n) is 6.11. The third kappa shape index (κ3) is 14.0. The Morgan fingerprint density at radius 3 is 1.10 bits per heavy atom. The van der Waals surface area contributed by atoms with E-state index in [1.54, 1.807) is 0 Å². The van der Waals surface area contributed by atoms with Crippen LogP contribution in [0.15, 0.2) is 0 Å². The average Bonchev–Trinajstić information content (AvgIpc) is 2.43. The van der Waals surface area contributed by atoms with Gasteiger partial charge in [-0.3, -0.25) is 0 Å². The first kappa shape index (κ1) is 21.0. The van der Waals surface area contributed by atoms with Gasteiger partial charge in [0.05, 0.1) is 0 Å². The van der Waals surface area contributed by atoms with Gasteiger partial charge in [0.2, 0.25) is 0 Å².